The van der Waals surface area contributed by atoms with Crippen LogP contribution in [0.3, 0.4) is 0 Å². The number of rotatable bonds is 49. The number of hydrogen-bond acceptors (Lipinski definition) is 14. The van der Waals surface area contributed by atoms with Gasteiger partial charge in [0.25, 0.3) is 0 Å². The highest BCUT2D eigenvalue weighted by atomic mass is 16.5. The number of carboxylic acids is 2. The zero-order chi connectivity index (χ0) is 51.3. The average Bonchev–Trinajstić information content (AvgIpc) is 3.29. The van der Waals surface area contributed by atoms with Gasteiger partial charge >= 0.3 is 11.9 Å². The van der Waals surface area contributed by atoms with E-state index in [1.807, 2.05) is 0 Å². The minimum absolute atomic E-state index is 0.00906. The maximum atomic E-state index is 12.5. The van der Waals surface area contributed by atoms with Crippen LogP contribution >= 0.6 is 0 Å². The van der Waals surface area contributed by atoms with E-state index in [0.717, 1.165) is 38.5 Å². The van der Waals surface area contributed by atoms with Gasteiger partial charge in [0.05, 0.1) is 45.7 Å². The molecule has 0 aromatic rings. The van der Waals surface area contributed by atoms with E-state index >= 15 is 0 Å². The van der Waals surface area contributed by atoms with Crippen LogP contribution in [0.2, 0.25) is 0 Å². The first kappa shape index (κ1) is 64.1. The third-order valence-electron chi connectivity index (χ3n) is 10.8. The van der Waals surface area contributed by atoms with Crippen LogP contribution in [0, 0.1) is 0 Å². The molecule has 0 saturated heterocycles. The third kappa shape index (κ3) is 41.8. The lowest BCUT2D eigenvalue weighted by molar-refractivity contribution is -0.144. The topological polar surface area (TPSA) is 308 Å². The van der Waals surface area contributed by atoms with E-state index in [0.29, 0.717) is 19.1 Å². The van der Waals surface area contributed by atoms with Gasteiger partial charge in [-0.1, -0.05) is 77.0 Å². The molecule has 0 aliphatic carbocycles. The van der Waals surface area contributed by atoms with Crippen LogP contribution in [0.5, 0.6) is 0 Å². The molecule has 3 atom stereocenters. The van der Waals surface area contributed by atoms with Crippen molar-refractivity contribution in [2.24, 2.45) is 0 Å². The fourth-order valence-electron chi connectivity index (χ4n) is 6.83. The predicted molar refractivity (Wildman–Crippen MR) is 254 cm³/mol. The molecule has 396 valence electrons. The molecule has 21 heteroatoms. The number of carbonyl (C=O) groups is 10. The number of amides is 5. The van der Waals surface area contributed by atoms with Crippen LogP contribution in [0.25, 0.3) is 0 Å². The lowest BCUT2D eigenvalue weighted by atomic mass is 10.0. The molecule has 5 amide bonds. The summed E-state index contributed by atoms with van der Waals surface area (Å²) in [5, 5.41) is 31.2. The smallest absolute Gasteiger partial charge is 0.326 e. The van der Waals surface area contributed by atoms with Gasteiger partial charge in [-0.05, 0) is 52.4 Å². The van der Waals surface area contributed by atoms with Gasteiger partial charge in [0.2, 0.25) is 29.5 Å². The normalized spacial score (nSPS) is 12.3. The predicted octanol–water partition coefficient (Wildman–Crippen LogP) is 3.26. The number of aliphatic carboxylic acids is 2. The summed E-state index contributed by atoms with van der Waals surface area (Å²) >= 11 is 0. The highest BCUT2D eigenvalue weighted by Crippen LogP contribution is 2.14. The maximum Gasteiger partial charge on any atom is 0.326 e. The summed E-state index contributed by atoms with van der Waals surface area (Å²) in [5.41, 5.74) is 0. The Hall–Kier alpha value is -4.86. The summed E-state index contributed by atoms with van der Waals surface area (Å²) in [6.45, 7) is 3.49. The number of aldehydes is 1. The molecule has 0 fully saturated rings. The van der Waals surface area contributed by atoms with Gasteiger partial charge in [0, 0.05) is 45.2 Å². The number of ether oxygens (including phenoxy) is 4. The van der Waals surface area contributed by atoms with Crippen LogP contribution < -0.4 is 26.6 Å². The van der Waals surface area contributed by atoms with Gasteiger partial charge in [-0.2, -0.15) is 0 Å². The summed E-state index contributed by atoms with van der Waals surface area (Å²) in [5.74, 6) is -4.89. The third-order valence-corrected chi connectivity index (χ3v) is 10.8. The number of carbonyl (C=O) groups excluding carboxylic acids is 8. The summed E-state index contributed by atoms with van der Waals surface area (Å²) in [4.78, 5) is 117. The fourth-order valence-corrected chi connectivity index (χ4v) is 6.83. The lowest BCUT2D eigenvalue weighted by Gasteiger charge is -2.17. The molecule has 0 aliphatic heterocycles. The summed E-state index contributed by atoms with van der Waals surface area (Å²) < 4.78 is 21.2. The van der Waals surface area contributed by atoms with Crippen molar-refractivity contribution in [3.63, 3.8) is 0 Å². The van der Waals surface area contributed by atoms with E-state index in [1.54, 1.807) is 6.92 Å². The van der Waals surface area contributed by atoms with E-state index in [1.165, 1.54) is 58.3 Å². The highest BCUT2D eigenvalue weighted by Gasteiger charge is 2.24. The highest BCUT2D eigenvalue weighted by molar-refractivity contribution is 5.88. The molecule has 3 unspecified atom stereocenters. The van der Waals surface area contributed by atoms with Crippen LogP contribution in [-0.4, -0.2) is 154 Å². The van der Waals surface area contributed by atoms with E-state index in [9.17, 15) is 58.2 Å². The summed E-state index contributed by atoms with van der Waals surface area (Å²) in [6, 6.07) is -3.36. The molecular weight excluding hydrogens is 903 g/mol. The Balaban J connectivity index is 3.85. The Morgan fingerprint density at radius 3 is 1.30 bits per heavy atom. The van der Waals surface area contributed by atoms with Crippen LogP contribution in [0.15, 0.2) is 0 Å². The Labute approximate surface area is 407 Å². The van der Waals surface area contributed by atoms with Crippen molar-refractivity contribution in [2.45, 2.75) is 180 Å². The molecule has 0 rings (SSSR count). The molecule has 0 bridgehead atoms. The first-order valence-corrected chi connectivity index (χ1v) is 24.8. The molecule has 0 aromatic carbocycles. The van der Waals surface area contributed by atoms with Crippen LogP contribution in [-0.2, 0) is 66.9 Å². The molecular formula is C48H83N5O16. The number of nitrogens with one attached hydrogen (secondary N) is 5. The average molecular weight is 986 g/mol. The van der Waals surface area contributed by atoms with Crippen molar-refractivity contribution in [3.8, 4) is 0 Å². The van der Waals surface area contributed by atoms with Crippen molar-refractivity contribution >= 4 is 59.3 Å². The molecule has 0 aliphatic rings. The quantitative estimate of drug-likeness (QED) is 0.0340. The van der Waals surface area contributed by atoms with Crippen LogP contribution in [0.4, 0.5) is 0 Å². The van der Waals surface area contributed by atoms with Gasteiger partial charge in [-0.25, -0.2) is 9.59 Å². The molecule has 7 N–H and O–H groups in total. The van der Waals surface area contributed by atoms with Crippen molar-refractivity contribution < 1.29 is 77.1 Å². The van der Waals surface area contributed by atoms with Gasteiger partial charge in [-0.3, -0.25) is 28.8 Å². The molecule has 0 heterocycles. The molecule has 0 aromatic heterocycles. The molecule has 0 saturated carbocycles. The second-order valence-electron chi connectivity index (χ2n) is 17.0. The van der Waals surface area contributed by atoms with Crippen molar-refractivity contribution in [2.75, 3.05) is 65.9 Å². The van der Waals surface area contributed by atoms with Gasteiger partial charge in [0.1, 0.15) is 37.4 Å². The first-order chi connectivity index (χ1) is 33.2. The van der Waals surface area contributed by atoms with E-state index < -0.39 is 48.5 Å². The lowest BCUT2D eigenvalue weighted by Crippen LogP contribution is -2.44. The Morgan fingerprint density at radius 1 is 0.420 bits per heavy atom. The largest absolute Gasteiger partial charge is 0.480 e. The number of hydrogen-bond donors (Lipinski definition) is 7. The van der Waals surface area contributed by atoms with Gasteiger partial charge < -0.3 is 65.3 Å². The SMILES string of the molecule is CC(=O)CCCCCCCCCCCCCCCCC(=O)NC(CCC(=O)NCCOCCOCC(=O)NCCOCCOCC(=O)NC(CCC(=O)NC(CCCC=O)C(=O)O)C(=O)O)C(C)=O. The van der Waals surface area contributed by atoms with Gasteiger partial charge in [-0.15, -0.1) is 0 Å². The van der Waals surface area contributed by atoms with Crippen LogP contribution in [0.1, 0.15) is 162 Å². The summed E-state index contributed by atoms with van der Waals surface area (Å²) in [6.07, 6.45) is 17.9. The van der Waals surface area contributed by atoms with Crippen molar-refractivity contribution in [3.05, 3.63) is 0 Å². The fraction of sp³-hybridized carbons (Fsp3) is 0.792. The molecule has 69 heavy (non-hydrogen) atoms. The summed E-state index contributed by atoms with van der Waals surface area (Å²) in [7, 11) is 0. The number of ketones is 2. The zero-order valence-electron chi connectivity index (χ0n) is 41.3. The Morgan fingerprint density at radius 2 is 0.812 bits per heavy atom. The Bertz CT molecular complexity index is 1500. The number of carboxylic acid groups (broad SMARTS) is 2. The second-order valence-corrected chi connectivity index (χ2v) is 17.0. The van der Waals surface area contributed by atoms with E-state index in [-0.39, 0.29) is 134 Å². The maximum absolute atomic E-state index is 12.5. The number of unbranched alkanes of at least 4 members (excludes halogenated alkanes) is 14. The first-order valence-electron chi connectivity index (χ1n) is 24.8. The molecule has 0 radical (unpaired) electrons. The monoisotopic (exact) mass is 986 g/mol. The molecule has 21 nitrogen and oxygen atoms in total. The van der Waals surface area contributed by atoms with Crippen molar-refractivity contribution in [1.29, 1.82) is 0 Å². The Kier molecular flexibility index (Phi) is 41.2. The standard InChI is InChI=1S/C48H83N5O16/c1-37(55)19-15-13-11-9-7-5-3-4-6-8-10-12-14-16-21-43(58)51-39(38(2)56)22-24-42(57)49-26-29-66-31-33-68-35-45(60)50-27-30-67-32-34-69-36-46(61)53-41(48(64)65)23-25-44(59)52-40(47(62)63)20-17-18-28-54/h28,39-41H,3-27,29-36H2,1-2H3,(H,49,57)(H,50,60)(H,51,58)(H,52,59)(H,53,61)(H,62,63)(H,64,65). The van der Waals surface area contributed by atoms with E-state index in [2.05, 4.69) is 26.6 Å². The van der Waals surface area contributed by atoms with Crippen molar-refractivity contribution in [1.82, 2.24) is 26.6 Å². The van der Waals surface area contributed by atoms with Gasteiger partial charge in [0.15, 0.2) is 5.78 Å². The second kappa shape index (κ2) is 44.4. The minimum atomic E-state index is -1.42. The van der Waals surface area contributed by atoms with E-state index in [4.69, 9.17) is 18.9 Å². The zero-order valence-corrected chi connectivity index (χ0v) is 41.3. The number of Topliss-reactive ketones (excluding diaryl/α,β-unsaturated/α-hetero) is 2. The molecule has 0 spiro atoms. The minimum Gasteiger partial charge on any atom is -0.480 e.